The fourth-order valence-corrected chi connectivity index (χ4v) is 2.56. The summed E-state index contributed by atoms with van der Waals surface area (Å²) in [6.45, 7) is 2.58. The standard InChI is InChI=1S/C16H16BrN3O2/c1-2-10-3-4-14-11(7-10)5-6-21-16(18)20-13-8-12(17)9-19-15(13)22-14/h3-4,7-9H,2,5-6H2,1H3,(H2,18,20). The molecular formula is C16H16BrN3O2. The van der Waals surface area contributed by atoms with Gasteiger partial charge in [0.1, 0.15) is 11.4 Å². The van der Waals surface area contributed by atoms with Gasteiger partial charge < -0.3 is 15.2 Å². The number of aryl methyl sites for hydroxylation is 1. The first-order valence-corrected chi connectivity index (χ1v) is 7.87. The van der Waals surface area contributed by atoms with Crippen molar-refractivity contribution in [2.45, 2.75) is 19.8 Å². The van der Waals surface area contributed by atoms with Crippen LogP contribution in [0, 0.1) is 0 Å². The molecular weight excluding hydrogens is 346 g/mol. The van der Waals surface area contributed by atoms with Crippen LogP contribution in [0.3, 0.4) is 0 Å². The molecule has 1 aromatic carbocycles. The van der Waals surface area contributed by atoms with E-state index in [4.69, 9.17) is 15.2 Å². The normalized spacial score (nSPS) is 14.0. The number of nitrogens with two attached hydrogens (primary N) is 1. The van der Waals surface area contributed by atoms with Crippen molar-refractivity contribution in [1.82, 2.24) is 4.98 Å². The predicted molar refractivity (Wildman–Crippen MR) is 88.8 cm³/mol. The summed E-state index contributed by atoms with van der Waals surface area (Å²) in [5, 5.41) is 0. The third kappa shape index (κ3) is 3.22. The van der Waals surface area contributed by atoms with E-state index in [2.05, 4.69) is 45.0 Å². The van der Waals surface area contributed by atoms with Gasteiger partial charge in [-0.15, -0.1) is 0 Å². The minimum absolute atomic E-state index is 0.111. The van der Waals surface area contributed by atoms with Crippen molar-refractivity contribution in [3.63, 3.8) is 0 Å². The Hall–Kier alpha value is -2.08. The Labute approximate surface area is 137 Å². The van der Waals surface area contributed by atoms with Crippen LogP contribution in [0.4, 0.5) is 5.69 Å². The zero-order valence-corrected chi connectivity index (χ0v) is 13.8. The van der Waals surface area contributed by atoms with E-state index in [1.54, 1.807) is 12.3 Å². The maximum atomic E-state index is 5.97. The molecule has 1 aromatic heterocycles. The number of hydrogen-bond donors (Lipinski definition) is 1. The van der Waals surface area contributed by atoms with Crippen molar-refractivity contribution >= 4 is 27.6 Å². The quantitative estimate of drug-likeness (QED) is 0.840. The molecule has 0 spiro atoms. The van der Waals surface area contributed by atoms with E-state index in [0.717, 1.165) is 22.2 Å². The van der Waals surface area contributed by atoms with Crippen LogP contribution in [0.2, 0.25) is 0 Å². The summed E-state index contributed by atoms with van der Waals surface area (Å²) < 4.78 is 12.2. The SMILES string of the molecule is CCc1ccc2c(c1)CCOC(N)=Nc1cc(Br)cnc1O2. The summed E-state index contributed by atoms with van der Waals surface area (Å²) in [6, 6.07) is 8.06. The van der Waals surface area contributed by atoms with Gasteiger partial charge in [0.2, 0.25) is 5.88 Å². The number of nitrogens with zero attached hydrogens (tertiary/aromatic N) is 2. The van der Waals surface area contributed by atoms with Crippen molar-refractivity contribution in [3.8, 4) is 11.6 Å². The highest BCUT2D eigenvalue weighted by molar-refractivity contribution is 9.10. The van der Waals surface area contributed by atoms with E-state index in [1.165, 1.54) is 5.56 Å². The number of rotatable bonds is 1. The Morgan fingerprint density at radius 2 is 2.18 bits per heavy atom. The number of aromatic nitrogens is 1. The number of pyridine rings is 1. The molecule has 2 aromatic rings. The number of halogens is 1. The molecule has 0 unspecified atom stereocenters. The summed E-state index contributed by atoms with van der Waals surface area (Å²) in [4.78, 5) is 8.50. The van der Waals surface area contributed by atoms with Crippen LogP contribution >= 0.6 is 15.9 Å². The molecule has 5 nitrogen and oxygen atoms in total. The highest BCUT2D eigenvalue weighted by Crippen LogP contribution is 2.34. The molecule has 0 aliphatic carbocycles. The van der Waals surface area contributed by atoms with Crippen LogP contribution in [0.25, 0.3) is 0 Å². The molecule has 0 saturated carbocycles. The third-order valence-electron chi connectivity index (χ3n) is 3.39. The van der Waals surface area contributed by atoms with Gasteiger partial charge >= 0.3 is 0 Å². The van der Waals surface area contributed by atoms with Gasteiger partial charge in [0, 0.05) is 17.1 Å². The van der Waals surface area contributed by atoms with Crippen molar-refractivity contribution in [3.05, 3.63) is 46.1 Å². The predicted octanol–water partition coefficient (Wildman–Crippen LogP) is 3.72. The molecule has 1 aliphatic rings. The second-order valence-electron chi connectivity index (χ2n) is 4.92. The van der Waals surface area contributed by atoms with Crippen molar-refractivity contribution < 1.29 is 9.47 Å². The van der Waals surface area contributed by atoms with E-state index >= 15 is 0 Å². The minimum Gasteiger partial charge on any atom is -0.465 e. The first kappa shape index (κ1) is 14.8. The highest BCUT2D eigenvalue weighted by atomic mass is 79.9. The number of ether oxygens (including phenoxy) is 2. The molecule has 114 valence electrons. The molecule has 2 N–H and O–H groups in total. The van der Waals surface area contributed by atoms with Crippen molar-refractivity contribution in [1.29, 1.82) is 0 Å². The highest BCUT2D eigenvalue weighted by Gasteiger charge is 2.14. The van der Waals surface area contributed by atoms with Gasteiger partial charge in [0.05, 0.1) is 6.61 Å². The average molecular weight is 362 g/mol. The Morgan fingerprint density at radius 3 is 3.00 bits per heavy atom. The maximum Gasteiger partial charge on any atom is 0.287 e. The second kappa shape index (κ2) is 6.36. The average Bonchev–Trinajstić information content (AvgIpc) is 2.51. The summed E-state index contributed by atoms with van der Waals surface area (Å²) in [6.07, 6.45) is 3.34. The van der Waals surface area contributed by atoms with Crippen LogP contribution in [-0.4, -0.2) is 17.6 Å². The summed E-state index contributed by atoms with van der Waals surface area (Å²) in [5.41, 5.74) is 8.65. The van der Waals surface area contributed by atoms with Gasteiger partial charge in [-0.1, -0.05) is 19.1 Å². The topological polar surface area (TPSA) is 69.7 Å². The lowest BCUT2D eigenvalue weighted by molar-refractivity contribution is 0.301. The number of amidine groups is 1. The van der Waals surface area contributed by atoms with E-state index in [1.807, 2.05) is 6.07 Å². The second-order valence-corrected chi connectivity index (χ2v) is 5.84. The van der Waals surface area contributed by atoms with Crippen molar-refractivity contribution in [2.24, 2.45) is 10.7 Å². The van der Waals surface area contributed by atoms with Gasteiger partial charge in [-0.25, -0.2) is 4.98 Å². The van der Waals surface area contributed by atoms with Crippen molar-refractivity contribution in [2.75, 3.05) is 6.61 Å². The maximum absolute atomic E-state index is 5.97. The molecule has 22 heavy (non-hydrogen) atoms. The van der Waals surface area contributed by atoms with Gasteiger partial charge in [-0.3, -0.25) is 0 Å². The summed E-state index contributed by atoms with van der Waals surface area (Å²) >= 11 is 3.37. The fraction of sp³-hybridized carbons (Fsp3) is 0.250. The Morgan fingerprint density at radius 1 is 1.32 bits per heavy atom. The number of hydrogen-bond acceptors (Lipinski definition) is 5. The molecule has 0 atom stereocenters. The minimum atomic E-state index is 0.111. The lowest BCUT2D eigenvalue weighted by Gasteiger charge is -2.15. The first-order chi connectivity index (χ1) is 10.7. The number of benzene rings is 1. The molecule has 0 bridgehead atoms. The van der Waals surface area contributed by atoms with Crippen LogP contribution < -0.4 is 10.5 Å². The molecule has 0 fully saturated rings. The molecule has 6 heteroatoms. The first-order valence-electron chi connectivity index (χ1n) is 7.08. The Balaban J connectivity index is 2.08. The van der Waals surface area contributed by atoms with Gasteiger partial charge in [0.25, 0.3) is 6.02 Å². The molecule has 3 rings (SSSR count). The summed E-state index contributed by atoms with van der Waals surface area (Å²) in [5.74, 6) is 1.18. The Bertz CT molecular complexity index is 731. The van der Waals surface area contributed by atoms with E-state index in [9.17, 15) is 0 Å². The molecule has 0 radical (unpaired) electrons. The zero-order valence-electron chi connectivity index (χ0n) is 12.2. The smallest absolute Gasteiger partial charge is 0.287 e. The van der Waals surface area contributed by atoms with E-state index in [0.29, 0.717) is 24.6 Å². The van der Waals surface area contributed by atoms with Gasteiger partial charge in [-0.2, -0.15) is 4.99 Å². The lowest BCUT2D eigenvalue weighted by atomic mass is 10.1. The van der Waals surface area contributed by atoms with Crippen LogP contribution in [0.15, 0.2) is 39.9 Å². The van der Waals surface area contributed by atoms with Crippen LogP contribution in [-0.2, 0) is 17.6 Å². The van der Waals surface area contributed by atoms with Gasteiger partial charge in [0.15, 0.2) is 0 Å². The zero-order chi connectivity index (χ0) is 15.5. The van der Waals surface area contributed by atoms with E-state index in [-0.39, 0.29) is 6.02 Å². The summed E-state index contributed by atoms with van der Waals surface area (Å²) in [7, 11) is 0. The van der Waals surface area contributed by atoms with E-state index < -0.39 is 0 Å². The fourth-order valence-electron chi connectivity index (χ4n) is 2.24. The lowest BCUT2D eigenvalue weighted by Crippen LogP contribution is -2.18. The Kier molecular flexibility index (Phi) is 4.29. The van der Waals surface area contributed by atoms with Crippen LogP contribution in [0.1, 0.15) is 18.1 Å². The molecule has 1 aliphatic heterocycles. The molecule has 0 amide bonds. The largest absolute Gasteiger partial charge is 0.465 e. The molecule has 0 saturated heterocycles. The van der Waals surface area contributed by atoms with Gasteiger partial charge in [-0.05, 0) is 45.6 Å². The molecule has 2 heterocycles. The number of fused-ring (bicyclic) bond motifs is 2. The number of aliphatic imine (C=N–C) groups is 1. The van der Waals surface area contributed by atoms with Crippen LogP contribution in [0.5, 0.6) is 11.6 Å². The monoisotopic (exact) mass is 361 g/mol. The third-order valence-corrected chi connectivity index (χ3v) is 3.82.